The van der Waals surface area contributed by atoms with E-state index in [1.54, 1.807) is 6.08 Å². The summed E-state index contributed by atoms with van der Waals surface area (Å²) in [5, 5.41) is 0. The van der Waals surface area contributed by atoms with E-state index in [0.29, 0.717) is 13.0 Å². The summed E-state index contributed by atoms with van der Waals surface area (Å²) < 4.78 is 10.7. The molecule has 1 aliphatic heterocycles. The summed E-state index contributed by atoms with van der Waals surface area (Å²) in [5.74, 6) is -0.368. The highest BCUT2D eigenvalue weighted by molar-refractivity contribution is 5.82. The van der Waals surface area contributed by atoms with Crippen LogP contribution in [-0.4, -0.2) is 35.2 Å². The van der Waals surface area contributed by atoms with Crippen molar-refractivity contribution in [1.82, 2.24) is 4.90 Å². The molecule has 0 radical (unpaired) electrons. The van der Waals surface area contributed by atoms with Crippen LogP contribution in [0.3, 0.4) is 0 Å². The van der Waals surface area contributed by atoms with E-state index in [-0.39, 0.29) is 12.6 Å². The van der Waals surface area contributed by atoms with Crippen molar-refractivity contribution in [3.8, 4) is 0 Å². The van der Waals surface area contributed by atoms with Crippen molar-refractivity contribution in [1.29, 1.82) is 0 Å². The van der Waals surface area contributed by atoms with Gasteiger partial charge in [0.05, 0.1) is 0 Å². The Morgan fingerprint density at radius 1 is 1.17 bits per heavy atom. The number of nitrogens with zero attached hydrogens (tertiary/aromatic N) is 1. The Morgan fingerprint density at radius 3 is 2.45 bits per heavy atom. The second-order valence-corrected chi connectivity index (χ2v) is 7.57. The fourth-order valence-electron chi connectivity index (χ4n) is 2.63. The van der Waals surface area contributed by atoms with E-state index in [1.807, 2.05) is 82.3 Å². The third kappa shape index (κ3) is 9.79. The summed E-state index contributed by atoms with van der Waals surface area (Å²) in [4.78, 5) is 25.8. The number of carbonyl (C=O) groups is 2. The molecule has 0 bridgehead atoms. The lowest BCUT2D eigenvalue weighted by Crippen LogP contribution is -2.44. The number of amides is 1. The zero-order chi connectivity index (χ0) is 21.7. The van der Waals surface area contributed by atoms with Crippen LogP contribution >= 0.6 is 0 Å². The van der Waals surface area contributed by atoms with E-state index >= 15 is 0 Å². The predicted octanol–water partition coefficient (Wildman–Crippen LogP) is 5.43. The number of rotatable bonds is 5. The summed E-state index contributed by atoms with van der Waals surface area (Å²) in [6.07, 6.45) is 10.5. The molecule has 0 spiro atoms. The zero-order valence-corrected chi connectivity index (χ0v) is 18.0. The van der Waals surface area contributed by atoms with E-state index in [4.69, 9.17) is 9.47 Å². The molecule has 1 saturated heterocycles. The number of carbonyl (C=O) groups excluding carboxylic acids is 2. The van der Waals surface area contributed by atoms with Gasteiger partial charge in [-0.3, -0.25) is 4.90 Å². The molecule has 158 valence electrons. The Balaban J connectivity index is 0.000000516. The Hall–Kier alpha value is -2.82. The number of ether oxygens (including phenoxy) is 2. The Bertz CT molecular complexity index is 701. The van der Waals surface area contributed by atoms with Crippen LogP contribution in [0, 0.1) is 0 Å². The molecule has 1 amide bonds. The lowest BCUT2D eigenvalue weighted by molar-refractivity contribution is -0.150. The van der Waals surface area contributed by atoms with Crippen molar-refractivity contribution in [2.24, 2.45) is 0 Å². The zero-order valence-electron chi connectivity index (χ0n) is 18.0. The summed E-state index contributed by atoms with van der Waals surface area (Å²) in [6, 6.07) is 8.95. The minimum atomic E-state index is -0.571. The summed E-state index contributed by atoms with van der Waals surface area (Å²) in [5.41, 5.74) is 0.357. The molecule has 1 atom stereocenters. The van der Waals surface area contributed by atoms with Crippen LogP contribution in [0.1, 0.15) is 46.1 Å². The standard InChI is InChI=1S/C17H23NO4.C7H10/c1-17(2,3)22-16(20)18-11-7-10-14(18)15(19)21-12-13-8-5-4-6-9-13;1-3-5-7-6-4-2/h4-6,8-9,14H,7,10-12H2,1-3H3;3-7H,1H2,2H3/b;6-4-,7-5-. The van der Waals surface area contributed by atoms with Crippen molar-refractivity contribution >= 4 is 12.1 Å². The van der Waals surface area contributed by atoms with Gasteiger partial charge in [-0.15, -0.1) is 0 Å². The second-order valence-electron chi connectivity index (χ2n) is 7.57. The van der Waals surface area contributed by atoms with Crippen LogP contribution in [-0.2, 0) is 20.9 Å². The van der Waals surface area contributed by atoms with Gasteiger partial charge in [0.2, 0.25) is 0 Å². The maximum atomic E-state index is 12.2. The Kier molecular flexibility index (Phi) is 10.5. The average molecular weight is 400 g/mol. The third-order valence-corrected chi connectivity index (χ3v) is 3.93. The first-order valence-electron chi connectivity index (χ1n) is 9.89. The van der Waals surface area contributed by atoms with Crippen LogP contribution in [0.2, 0.25) is 0 Å². The topological polar surface area (TPSA) is 55.8 Å². The van der Waals surface area contributed by atoms with Gasteiger partial charge >= 0.3 is 12.1 Å². The van der Waals surface area contributed by atoms with Crippen LogP contribution in [0.15, 0.2) is 67.3 Å². The van der Waals surface area contributed by atoms with Gasteiger partial charge in [0, 0.05) is 6.54 Å². The van der Waals surface area contributed by atoms with Gasteiger partial charge in [0.25, 0.3) is 0 Å². The molecule has 1 unspecified atom stereocenters. The molecular formula is C24H33NO4. The molecule has 5 nitrogen and oxygen atoms in total. The summed E-state index contributed by atoms with van der Waals surface area (Å²) in [6.45, 7) is 11.7. The molecule has 29 heavy (non-hydrogen) atoms. The van der Waals surface area contributed by atoms with Gasteiger partial charge in [-0.1, -0.05) is 67.3 Å². The molecule has 0 aliphatic carbocycles. The number of benzene rings is 1. The summed E-state index contributed by atoms with van der Waals surface area (Å²) in [7, 11) is 0. The SMILES string of the molecule is C=C/C=C\C=C/C.CC(C)(C)OC(=O)N1CCCC1C(=O)OCc1ccccc1. The molecular weight excluding hydrogens is 366 g/mol. The van der Waals surface area contributed by atoms with Gasteiger partial charge in [0.15, 0.2) is 0 Å². The van der Waals surface area contributed by atoms with Crippen molar-refractivity contribution in [2.45, 2.75) is 58.8 Å². The molecule has 1 aromatic carbocycles. The van der Waals surface area contributed by atoms with E-state index in [0.717, 1.165) is 12.0 Å². The normalized spacial score (nSPS) is 16.4. The molecule has 1 heterocycles. The molecule has 1 fully saturated rings. The van der Waals surface area contributed by atoms with Crippen LogP contribution in [0.5, 0.6) is 0 Å². The van der Waals surface area contributed by atoms with E-state index in [9.17, 15) is 9.59 Å². The van der Waals surface area contributed by atoms with Gasteiger partial charge < -0.3 is 9.47 Å². The number of esters is 1. The first kappa shape index (κ1) is 24.2. The van der Waals surface area contributed by atoms with Crippen LogP contribution in [0.25, 0.3) is 0 Å². The number of hydrogen-bond acceptors (Lipinski definition) is 4. The quantitative estimate of drug-likeness (QED) is 0.489. The number of allylic oxidation sites excluding steroid dienone is 5. The highest BCUT2D eigenvalue weighted by Crippen LogP contribution is 2.22. The van der Waals surface area contributed by atoms with E-state index < -0.39 is 17.7 Å². The molecule has 1 aliphatic rings. The van der Waals surface area contributed by atoms with Crippen molar-refractivity contribution in [3.05, 3.63) is 72.9 Å². The van der Waals surface area contributed by atoms with E-state index in [2.05, 4.69) is 6.58 Å². The van der Waals surface area contributed by atoms with Crippen LogP contribution < -0.4 is 0 Å². The molecule has 0 N–H and O–H groups in total. The maximum absolute atomic E-state index is 12.2. The fourth-order valence-corrected chi connectivity index (χ4v) is 2.63. The smallest absolute Gasteiger partial charge is 0.411 e. The molecule has 2 rings (SSSR count). The largest absolute Gasteiger partial charge is 0.459 e. The van der Waals surface area contributed by atoms with Crippen molar-refractivity contribution in [2.75, 3.05) is 6.54 Å². The van der Waals surface area contributed by atoms with E-state index in [1.165, 1.54) is 4.90 Å². The van der Waals surface area contributed by atoms with Gasteiger partial charge in [-0.25, -0.2) is 9.59 Å². The van der Waals surface area contributed by atoms with Gasteiger partial charge in [-0.05, 0) is 46.1 Å². The minimum Gasteiger partial charge on any atom is -0.459 e. The van der Waals surface area contributed by atoms with Crippen molar-refractivity contribution in [3.63, 3.8) is 0 Å². The molecule has 1 aromatic rings. The minimum absolute atomic E-state index is 0.221. The molecule has 0 saturated carbocycles. The summed E-state index contributed by atoms with van der Waals surface area (Å²) >= 11 is 0. The van der Waals surface area contributed by atoms with Crippen molar-refractivity contribution < 1.29 is 19.1 Å². The molecule has 0 aromatic heterocycles. The Morgan fingerprint density at radius 2 is 1.86 bits per heavy atom. The first-order chi connectivity index (χ1) is 13.8. The fraction of sp³-hybridized carbons (Fsp3) is 0.417. The highest BCUT2D eigenvalue weighted by Gasteiger charge is 2.37. The first-order valence-corrected chi connectivity index (χ1v) is 9.89. The second kappa shape index (κ2) is 12.6. The highest BCUT2D eigenvalue weighted by atomic mass is 16.6. The lowest BCUT2D eigenvalue weighted by Gasteiger charge is -2.27. The predicted molar refractivity (Wildman–Crippen MR) is 116 cm³/mol. The van der Waals surface area contributed by atoms with Crippen LogP contribution in [0.4, 0.5) is 4.79 Å². The monoisotopic (exact) mass is 399 g/mol. The molecule has 5 heteroatoms. The van der Waals surface area contributed by atoms with Gasteiger partial charge in [0.1, 0.15) is 18.2 Å². The van der Waals surface area contributed by atoms with Gasteiger partial charge in [-0.2, -0.15) is 0 Å². The number of likely N-dealkylation sites (tertiary alicyclic amines) is 1. The number of hydrogen-bond donors (Lipinski definition) is 0. The lowest BCUT2D eigenvalue weighted by atomic mass is 10.2. The third-order valence-electron chi connectivity index (χ3n) is 3.93. The maximum Gasteiger partial charge on any atom is 0.411 e. The Labute approximate surface area is 174 Å². The average Bonchev–Trinajstić information content (AvgIpc) is 3.17.